The van der Waals surface area contributed by atoms with Crippen LogP contribution in [0.2, 0.25) is 0 Å². The number of benzene rings is 1. The number of hydrogen-bond donors (Lipinski definition) is 1. The van der Waals surface area contributed by atoms with Gasteiger partial charge in [-0.05, 0) is 12.5 Å². The summed E-state index contributed by atoms with van der Waals surface area (Å²) in [5, 5.41) is 20.0. The van der Waals surface area contributed by atoms with Crippen LogP contribution in [-0.4, -0.2) is 41.9 Å². The Morgan fingerprint density at radius 2 is 2.06 bits per heavy atom. The third kappa shape index (κ3) is 1.98. The third-order valence-corrected chi connectivity index (χ3v) is 4.84. The minimum Gasteiger partial charge on any atom is -0.390 e. The van der Waals surface area contributed by atoms with Crippen molar-refractivity contribution in [3.05, 3.63) is 33.9 Å². The first kappa shape index (κ1) is 12.9. The van der Waals surface area contributed by atoms with Crippen LogP contribution in [0, 0.1) is 17.0 Å². The number of rotatable bonds is 3. The Balaban J connectivity index is 2.54. The number of aliphatic hydroxyl groups excluding tert-OH is 1. The number of hydrogen-bond acceptors (Lipinski definition) is 5. The molecule has 18 heavy (non-hydrogen) atoms. The molecule has 0 amide bonds. The van der Waals surface area contributed by atoms with Gasteiger partial charge in [0, 0.05) is 19.2 Å². The maximum absolute atomic E-state index is 12.2. The molecule has 0 bridgehead atoms. The van der Waals surface area contributed by atoms with Crippen LogP contribution in [0.5, 0.6) is 0 Å². The molecule has 0 saturated carbocycles. The fourth-order valence-corrected chi connectivity index (χ4v) is 3.73. The first-order valence-corrected chi connectivity index (χ1v) is 6.70. The number of nitro groups is 1. The molecule has 1 aliphatic heterocycles. The molecule has 0 unspecified atom stereocenters. The average molecular weight is 272 g/mol. The molecule has 7 nitrogen and oxygen atoms in total. The highest BCUT2D eigenvalue weighted by atomic mass is 32.2. The van der Waals surface area contributed by atoms with Gasteiger partial charge in [-0.25, -0.2) is 8.42 Å². The quantitative estimate of drug-likeness (QED) is 0.628. The zero-order valence-corrected chi connectivity index (χ0v) is 10.4. The van der Waals surface area contributed by atoms with Crippen molar-refractivity contribution in [1.29, 1.82) is 0 Å². The molecular weight excluding hydrogens is 260 g/mol. The second kappa shape index (κ2) is 4.30. The highest BCUT2D eigenvalue weighted by molar-refractivity contribution is 7.89. The van der Waals surface area contributed by atoms with Gasteiger partial charge in [0.15, 0.2) is 4.90 Å². The van der Waals surface area contributed by atoms with Gasteiger partial charge in [-0.1, -0.05) is 12.1 Å². The van der Waals surface area contributed by atoms with E-state index in [4.69, 9.17) is 5.11 Å². The number of nitro benzene ring substituents is 1. The molecule has 1 saturated heterocycles. The molecule has 0 radical (unpaired) electrons. The molecule has 0 aliphatic carbocycles. The predicted octanol–water partition coefficient (Wildman–Crippen LogP) is 0.268. The van der Waals surface area contributed by atoms with E-state index in [9.17, 15) is 18.5 Å². The Bertz CT molecular complexity index is 592. The van der Waals surface area contributed by atoms with E-state index in [-0.39, 0.29) is 18.0 Å². The fraction of sp³-hybridized carbons (Fsp3) is 0.400. The highest BCUT2D eigenvalue weighted by Gasteiger charge is 2.39. The van der Waals surface area contributed by atoms with Crippen molar-refractivity contribution in [1.82, 2.24) is 4.31 Å². The SMILES string of the molecule is Cc1cccc([N+](=O)[O-])c1S(=O)(=O)N1CC(O)C1. The van der Waals surface area contributed by atoms with Crippen LogP contribution in [0.25, 0.3) is 0 Å². The molecule has 1 aromatic carbocycles. The van der Waals surface area contributed by atoms with E-state index in [0.717, 1.165) is 10.4 Å². The Morgan fingerprint density at radius 3 is 2.56 bits per heavy atom. The summed E-state index contributed by atoms with van der Waals surface area (Å²) in [6.07, 6.45) is -0.692. The van der Waals surface area contributed by atoms with Gasteiger partial charge in [0.2, 0.25) is 10.0 Å². The second-order valence-corrected chi connectivity index (χ2v) is 6.03. The van der Waals surface area contributed by atoms with E-state index in [1.807, 2.05) is 0 Å². The molecule has 1 aliphatic rings. The van der Waals surface area contributed by atoms with E-state index < -0.39 is 26.7 Å². The van der Waals surface area contributed by atoms with Gasteiger partial charge in [0.05, 0.1) is 11.0 Å². The molecule has 8 heteroatoms. The lowest BCUT2D eigenvalue weighted by atomic mass is 10.2. The minimum absolute atomic E-state index is 0.0200. The van der Waals surface area contributed by atoms with E-state index in [2.05, 4.69) is 0 Å². The van der Waals surface area contributed by atoms with E-state index in [1.165, 1.54) is 19.1 Å². The monoisotopic (exact) mass is 272 g/mol. The van der Waals surface area contributed by atoms with E-state index >= 15 is 0 Å². The smallest absolute Gasteiger partial charge is 0.289 e. The zero-order valence-electron chi connectivity index (χ0n) is 9.61. The molecule has 1 fully saturated rings. The third-order valence-electron chi connectivity index (χ3n) is 2.81. The molecule has 1 aromatic rings. The number of nitrogens with zero attached hydrogens (tertiary/aromatic N) is 2. The van der Waals surface area contributed by atoms with Crippen LogP contribution >= 0.6 is 0 Å². The number of aliphatic hydroxyl groups is 1. The lowest BCUT2D eigenvalue weighted by molar-refractivity contribution is -0.388. The van der Waals surface area contributed by atoms with Crippen LogP contribution in [-0.2, 0) is 10.0 Å². The molecule has 2 rings (SSSR count). The number of sulfonamides is 1. The van der Waals surface area contributed by atoms with Gasteiger partial charge in [-0.3, -0.25) is 10.1 Å². The van der Waals surface area contributed by atoms with Gasteiger partial charge in [0.25, 0.3) is 5.69 Å². The lowest BCUT2D eigenvalue weighted by Gasteiger charge is -2.34. The molecule has 0 spiro atoms. The Morgan fingerprint density at radius 1 is 1.44 bits per heavy atom. The number of aryl methyl sites for hydroxylation is 1. The molecular formula is C10H12N2O5S. The van der Waals surface area contributed by atoms with Gasteiger partial charge in [-0.15, -0.1) is 0 Å². The van der Waals surface area contributed by atoms with Gasteiger partial charge in [-0.2, -0.15) is 4.31 Å². The van der Waals surface area contributed by atoms with Crippen LogP contribution in [0.3, 0.4) is 0 Å². The average Bonchev–Trinajstić information content (AvgIpc) is 2.23. The fourth-order valence-electron chi connectivity index (χ4n) is 1.86. The summed E-state index contributed by atoms with van der Waals surface area (Å²) in [5.74, 6) is 0. The predicted molar refractivity (Wildman–Crippen MR) is 62.6 cm³/mol. The van der Waals surface area contributed by atoms with Crippen molar-refractivity contribution in [2.75, 3.05) is 13.1 Å². The lowest BCUT2D eigenvalue weighted by Crippen LogP contribution is -2.53. The summed E-state index contributed by atoms with van der Waals surface area (Å²) < 4.78 is 25.5. The van der Waals surface area contributed by atoms with Crippen LogP contribution < -0.4 is 0 Å². The minimum atomic E-state index is -3.91. The van der Waals surface area contributed by atoms with E-state index in [1.54, 1.807) is 0 Å². The van der Waals surface area contributed by atoms with Gasteiger partial charge in [0.1, 0.15) is 0 Å². The second-order valence-electron chi connectivity index (χ2n) is 4.16. The standard InChI is InChI=1S/C10H12N2O5S/c1-7-3-2-4-9(12(14)15)10(7)18(16,17)11-5-8(13)6-11/h2-4,8,13H,5-6H2,1H3. The van der Waals surface area contributed by atoms with Crippen molar-refractivity contribution >= 4 is 15.7 Å². The summed E-state index contributed by atoms with van der Waals surface area (Å²) in [4.78, 5) is 9.89. The van der Waals surface area contributed by atoms with E-state index in [0.29, 0.717) is 5.56 Å². The van der Waals surface area contributed by atoms with Crippen molar-refractivity contribution < 1.29 is 18.4 Å². The normalized spacial score (nSPS) is 17.4. The van der Waals surface area contributed by atoms with Crippen molar-refractivity contribution in [3.8, 4) is 0 Å². The van der Waals surface area contributed by atoms with Crippen LogP contribution in [0.4, 0.5) is 5.69 Å². The maximum Gasteiger partial charge on any atom is 0.289 e. The van der Waals surface area contributed by atoms with Crippen molar-refractivity contribution in [3.63, 3.8) is 0 Å². The topological polar surface area (TPSA) is 101 Å². The summed E-state index contributed by atoms with van der Waals surface area (Å²) >= 11 is 0. The van der Waals surface area contributed by atoms with Gasteiger partial charge >= 0.3 is 0 Å². The Hall–Kier alpha value is -1.51. The summed E-state index contributed by atoms with van der Waals surface area (Å²) in [6, 6.07) is 4.11. The van der Waals surface area contributed by atoms with Crippen molar-refractivity contribution in [2.45, 2.75) is 17.9 Å². The first-order valence-electron chi connectivity index (χ1n) is 5.26. The Labute approximate surface area is 104 Å². The molecule has 0 atom stereocenters. The highest BCUT2D eigenvalue weighted by Crippen LogP contribution is 2.31. The molecule has 0 aromatic heterocycles. The van der Waals surface area contributed by atoms with Crippen molar-refractivity contribution in [2.24, 2.45) is 0 Å². The summed E-state index contributed by atoms with van der Waals surface area (Å²) in [7, 11) is -3.91. The zero-order chi connectivity index (χ0) is 13.5. The van der Waals surface area contributed by atoms with Crippen LogP contribution in [0.1, 0.15) is 5.56 Å². The summed E-state index contributed by atoms with van der Waals surface area (Å²) in [5.41, 5.74) is -0.109. The molecule has 98 valence electrons. The Kier molecular flexibility index (Phi) is 3.09. The number of β-amino-alcohol motifs (C(OH)–C–C–N with tert-alkyl or cyclic N) is 1. The molecule has 1 heterocycles. The van der Waals surface area contributed by atoms with Gasteiger partial charge < -0.3 is 5.11 Å². The van der Waals surface area contributed by atoms with Crippen LogP contribution in [0.15, 0.2) is 23.1 Å². The maximum atomic E-state index is 12.2. The molecule has 1 N–H and O–H groups in total. The summed E-state index contributed by atoms with van der Waals surface area (Å²) in [6.45, 7) is 1.47. The first-order chi connectivity index (χ1) is 8.34. The largest absolute Gasteiger partial charge is 0.390 e.